The molecule has 0 aromatic rings. The minimum absolute atomic E-state index is 0. The van der Waals surface area contributed by atoms with Gasteiger partial charge in [-0.15, -0.1) is 0 Å². The Bertz CT molecular complexity index is 598. The van der Waals surface area contributed by atoms with E-state index in [0.29, 0.717) is 0 Å². The summed E-state index contributed by atoms with van der Waals surface area (Å²) in [6.45, 7) is 0. The van der Waals surface area contributed by atoms with Crippen LogP contribution in [0.2, 0.25) is 0 Å². The monoisotopic (exact) mass is 654 g/mol. The molecule has 144 valence electrons. The van der Waals surface area contributed by atoms with Crippen molar-refractivity contribution in [2.75, 3.05) is 0 Å². The summed E-state index contributed by atoms with van der Waals surface area (Å²) in [5.41, 5.74) is 0. The Labute approximate surface area is 348 Å². The van der Waals surface area contributed by atoms with Crippen LogP contribution in [0.15, 0.2) is 0 Å². The molecule has 0 aromatic heterocycles. The van der Waals surface area contributed by atoms with Gasteiger partial charge in [-0.3, -0.25) is 27.4 Å². The average Bonchev–Trinajstić information content (AvgIpc) is 1.98. The van der Waals surface area contributed by atoms with Crippen LogP contribution in [0.25, 0.3) is 0 Å². The van der Waals surface area contributed by atoms with Crippen molar-refractivity contribution in [2.45, 2.75) is 0 Å². The van der Waals surface area contributed by atoms with Crippen molar-refractivity contribution in [3.05, 3.63) is 0 Å². The molecule has 1 saturated heterocycles. The molecule has 1 heterocycles. The first-order chi connectivity index (χ1) is 10.2. The Balaban J connectivity index is -0.000000384. The first kappa shape index (κ1) is 47.0. The Morgan fingerprint density at radius 1 is 0.345 bits per heavy atom. The Morgan fingerprint density at radius 3 is 0.483 bits per heavy atom. The van der Waals surface area contributed by atoms with Crippen molar-refractivity contribution < 1.29 is 288 Å². The van der Waals surface area contributed by atoms with Gasteiger partial charge in [-0.2, -0.15) is 0 Å². The molecular weight excluding hydrogens is 655 g/mol. The van der Waals surface area contributed by atoms with Gasteiger partial charge in [0.1, 0.15) is 0 Å². The van der Waals surface area contributed by atoms with E-state index < -0.39 is 46.9 Å². The van der Waals surface area contributed by atoms with Crippen molar-refractivity contribution in [2.24, 2.45) is 0 Å². The molecule has 0 aromatic carbocycles. The molecule has 0 aliphatic carbocycles. The molecule has 0 bridgehead atoms. The van der Waals surface area contributed by atoms with Crippen molar-refractivity contribution in [1.29, 1.82) is 0 Å². The van der Waals surface area contributed by atoms with Crippen molar-refractivity contribution in [3.63, 3.8) is 0 Å². The van der Waals surface area contributed by atoms with Crippen LogP contribution in [0.3, 0.4) is 0 Å². The molecule has 0 atom stereocenters. The molecule has 0 radical (unpaired) electrons. The Morgan fingerprint density at radius 2 is 0.414 bits per heavy atom. The second-order valence-corrected chi connectivity index (χ2v) is 12.5. The number of hydrogen-bond donors (Lipinski definition) is 0. The van der Waals surface area contributed by atoms with Crippen LogP contribution < -0.4 is 235 Å². The third-order valence-corrected chi connectivity index (χ3v) is 10.8. The van der Waals surface area contributed by atoms with Crippen molar-refractivity contribution in [3.8, 4) is 0 Å². The standard InChI is InChI=1S/4K.Mg.H6O18P6/c;;;;;1-19(2)13-20(3,4)15-22(7,8)17-24(11,12)18-23(9,10)16-21(5,6)14-19/h;;;;;(H,1,2)(H,3,4)(H,5,6)(H,7,8)(H,9,10)(H,11,12)/q4*+1;+2;/p-6. The van der Waals surface area contributed by atoms with Gasteiger partial charge in [0.2, 0.25) is 0 Å². The fourth-order valence-corrected chi connectivity index (χ4v) is 9.03. The van der Waals surface area contributed by atoms with Crippen LogP contribution in [0.4, 0.5) is 0 Å². The molecule has 0 saturated carbocycles. The van der Waals surface area contributed by atoms with Gasteiger partial charge in [0, 0.05) is 0 Å². The van der Waals surface area contributed by atoms with Gasteiger partial charge in [-0.1, -0.05) is 0 Å². The van der Waals surface area contributed by atoms with Gasteiger partial charge in [0.05, 0.1) is 0 Å². The van der Waals surface area contributed by atoms with E-state index in [4.69, 9.17) is 0 Å². The van der Waals surface area contributed by atoms with Gasteiger partial charge in [-0.05, 0) is 0 Å². The zero-order valence-electron chi connectivity index (χ0n) is 14.7. The zero-order chi connectivity index (χ0) is 19.2. The molecule has 0 amide bonds. The van der Waals surface area contributed by atoms with Gasteiger partial charge in [-0.25, -0.2) is 25.9 Å². The normalized spacial score (nSPS) is 45.7. The number of phosphoric acid groups is 6. The second kappa shape index (κ2) is 17.8. The van der Waals surface area contributed by atoms with Crippen molar-refractivity contribution >= 4 is 70.0 Å². The van der Waals surface area contributed by atoms with Crippen LogP contribution in [0.5, 0.6) is 0 Å². The summed E-state index contributed by atoms with van der Waals surface area (Å²) in [6.07, 6.45) is 0. The predicted octanol–water partition coefficient (Wildman–Crippen LogP) is -15.5. The van der Waals surface area contributed by atoms with E-state index in [1.807, 2.05) is 0 Å². The predicted molar refractivity (Wildman–Crippen MR) is 57.9 cm³/mol. The first-order valence-corrected chi connectivity index (χ1v) is 13.1. The summed E-state index contributed by atoms with van der Waals surface area (Å²) in [4.78, 5) is 65.8. The second-order valence-electron chi connectivity index (χ2n) is 3.17. The molecule has 1 aliphatic heterocycles. The Kier molecular flexibility index (Phi) is 28.9. The molecular formula is K4MgO18P6. The van der Waals surface area contributed by atoms with Crippen LogP contribution >= 0.6 is 46.9 Å². The third kappa shape index (κ3) is 21.7. The largest absolute Gasteiger partial charge is 2.00 e. The number of rotatable bonds is 0. The van der Waals surface area contributed by atoms with E-state index in [0.717, 1.165) is 0 Å². The average molecular weight is 655 g/mol. The quantitative estimate of drug-likeness (QED) is 0.173. The molecule has 18 nitrogen and oxygen atoms in total. The van der Waals surface area contributed by atoms with Crippen molar-refractivity contribution in [1.82, 2.24) is 0 Å². The van der Waals surface area contributed by atoms with E-state index in [-0.39, 0.29) is 229 Å². The third-order valence-electron chi connectivity index (χ3n) is 1.20. The van der Waals surface area contributed by atoms with Crippen LogP contribution in [0, 0.1) is 0 Å². The number of hydrogen-bond acceptors (Lipinski definition) is 18. The van der Waals surface area contributed by atoms with Gasteiger partial charge in [0.15, 0.2) is 0 Å². The summed E-state index contributed by atoms with van der Waals surface area (Å²) in [7, 11) is -39.3. The maximum Gasteiger partial charge on any atom is 2.00 e. The fraction of sp³-hybridized carbons (Fsp3) is 0. The van der Waals surface area contributed by atoms with E-state index in [9.17, 15) is 56.8 Å². The zero-order valence-corrected chi connectivity index (χ0v) is 34.0. The van der Waals surface area contributed by atoms with E-state index >= 15 is 0 Å². The van der Waals surface area contributed by atoms with E-state index in [1.165, 1.54) is 0 Å². The van der Waals surface area contributed by atoms with Crippen LogP contribution in [-0.2, 0) is 53.3 Å². The molecule has 0 spiro atoms. The molecule has 1 fully saturated rings. The van der Waals surface area contributed by atoms with E-state index in [2.05, 4.69) is 25.9 Å². The van der Waals surface area contributed by atoms with Gasteiger partial charge < -0.3 is 29.4 Å². The van der Waals surface area contributed by atoms with Crippen LogP contribution in [-0.4, -0.2) is 23.1 Å². The summed E-state index contributed by atoms with van der Waals surface area (Å²) < 4.78 is 83.4. The minimum Gasteiger partial charge on any atom is -0.756 e. The summed E-state index contributed by atoms with van der Waals surface area (Å²) in [5, 5.41) is 0. The SMILES string of the molecule is O=P1([O-])OP(=O)([O-])OP(=O)([O-])OP(=O)([O-])OP(=O)([O-])OP(=O)([O-])O1.[K+].[K+].[K+].[K+].[Mg+2]. The van der Waals surface area contributed by atoms with Gasteiger partial charge >= 0.3 is 229 Å². The molecule has 1 aliphatic rings. The molecule has 0 unspecified atom stereocenters. The molecule has 0 N–H and O–H groups in total. The van der Waals surface area contributed by atoms with Crippen LogP contribution in [0.1, 0.15) is 0 Å². The first-order valence-electron chi connectivity index (χ1n) is 4.38. The maximum absolute atomic E-state index is 11.0. The maximum atomic E-state index is 11.0. The smallest absolute Gasteiger partial charge is 0.756 e. The Hall–Kier alpha value is 8.21. The topological polar surface area (TPSA) is 296 Å². The fourth-order valence-electron chi connectivity index (χ4n) is 0.824. The molecule has 29 heteroatoms. The summed E-state index contributed by atoms with van der Waals surface area (Å²) in [5.74, 6) is 0. The molecule has 1 rings (SSSR count). The minimum atomic E-state index is -6.56. The van der Waals surface area contributed by atoms with E-state index in [1.54, 1.807) is 0 Å². The molecule has 29 heavy (non-hydrogen) atoms. The summed E-state index contributed by atoms with van der Waals surface area (Å²) in [6, 6.07) is 0. The summed E-state index contributed by atoms with van der Waals surface area (Å²) >= 11 is 0. The van der Waals surface area contributed by atoms with Gasteiger partial charge in [0.25, 0.3) is 46.9 Å².